The van der Waals surface area contributed by atoms with E-state index < -0.39 is 0 Å². The number of nitrogens with zero attached hydrogens (tertiary/aromatic N) is 4. The number of thioether (sulfide) groups is 1. The first-order chi connectivity index (χ1) is 11.3. The highest BCUT2D eigenvalue weighted by molar-refractivity contribution is 7.98. The Morgan fingerprint density at radius 2 is 1.87 bits per heavy atom. The zero-order valence-electron chi connectivity index (χ0n) is 12.9. The molecule has 0 unspecified atom stereocenters. The predicted octanol–water partition coefficient (Wildman–Crippen LogP) is 3.14. The minimum atomic E-state index is 0.0755. The van der Waals surface area contributed by atoms with Crippen LogP contribution < -0.4 is 0 Å². The number of aromatic nitrogens is 4. The summed E-state index contributed by atoms with van der Waals surface area (Å²) in [5, 5.41) is 18.6. The van der Waals surface area contributed by atoms with Gasteiger partial charge in [0.2, 0.25) is 0 Å². The highest BCUT2D eigenvalue weighted by Crippen LogP contribution is 2.26. The zero-order chi connectivity index (χ0) is 16.1. The molecule has 3 rings (SSSR count). The molecule has 0 aliphatic carbocycles. The van der Waals surface area contributed by atoms with Crippen molar-refractivity contribution in [3.8, 4) is 11.4 Å². The van der Waals surface area contributed by atoms with Crippen molar-refractivity contribution in [1.29, 1.82) is 0 Å². The van der Waals surface area contributed by atoms with E-state index in [4.69, 9.17) is 5.11 Å². The van der Waals surface area contributed by atoms with Crippen molar-refractivity contribution in [2.45, 2.75) is 31.0 Å². The Labute approximate surface area is 139 Å². The fourth-order valence-electron chi connectivity index (χ4n) is 2.28. The third kappa shape index (κ3) is 3.60. The molecule has 1 aromatic carbocycles. The molecule has 3 aromatic rings. The van der Waals surface area contributed by atoms with Crippen LogP contribution in [0.4, 0.5) is 0 Å². The summed E-state index contributed by atoms with van der Waals surface area (Å²) in [4.78, 5) is 4.15. The van der Waals surface area contributed by atoms with E-state index in [1.807, 2.05) is 36.4 Å². The first-order valence-electron chi connectivity index (χ1n) is 7.47. The largest absolute Gasteiger partial charge is 0.392 e. The van der Waals surface area contributed by atoms with E-state index in [2.05, 4.69) is 26.7 Å². The molecule has 0 saturated heterocycles. The van der Waals surface area contributed by atoms with Crippen LogP contribution in [0.3, 0.4) is 0 Å². The molecule has 1 N–H and O–H groups in total. The van der Waals surface area contributed by atoms with Crippen molar-refractivity contribution < 1.29 is 5.11 Å². The minimum absolute atomic E-state index is 0.0755. The molecule has 23 heavy (non-hydrogen) atoms. The van der Waals surface area contributed by atoms with Crippen molar-refractivity contribution in [3.63, 3.8) is 0 Å². The Morgan fingerprint density at radius 1 is 1.09 bits per heavy atom. The van der Waals surface area contributed by atoms with Crippen LogP contribution in [-0.4, -0.2) is 24.9 Å². The highest BCUT2D eigenvalue weighted by Gasteiger charge is 2.13. The Kier molecular flexibility index (Phi) is 5.05. The number of aliphatic hydroxyl groups is 1. The second-order valence-electron chi connectivity index (χ2n) is 5.06. The molecule has 0 spiro atoms. The van der Waals surface area contributed by atoms with Gasteiger partial charge in [0.25, 0.3) is 0 Å². The van der Waals surface area contributed by atoms with E-state index in [1.54, 1.807) is 24.2 Å². The second kappa shape index (κ2) is 7.39. The van der Waals surface area contributed by atoms with Gasteiger partial charge in [0.05, 0.1) is 6.61 Å². The van der Waals surface area contributed by atoms with E-state index in [0.29, 0.717) is 0 Å². The molecule has 0 aliphatic rings. The van der Waals surface area contributed by atoms with E-state index >= 15 is 0 Å². The first-order valence-corrected chi connectivity index (χ1v) is 8.45. The maximum Gasteiger partial charge on any atom is 0.191 e. The fourth-order valence-corrected chi connectivity index (χ4v) is 3.24. The van der Waals surface area contributed by atoms with Crippen LogP contribution in [0.15, 0.2) is 53.9 Å². The molecule has 2 aromatic heterocycles. The standard InChI is InChI=1S/C17H18N4OS/c1-2-21-16(15-4-3-9-18-10-15)19-20-17(21)23-12-14-7-5-13(11-22)6-8-14/h3-10,22H,2,11-12H2,1H3. The van der Waals surface area contributed by atoms with Crippen molar-refractivity contribution in [2.24, 2.45) is 0 Å². The monoisotopic (exact) mass is 326 g/mol. The van der Waals surface area contributed by atoms with Gasteiger partial charge in [-0.1, -0.05) is 36.0 Å². The summed E-state index contributed by atoms with van der Waals surface area (Å²) in [6, 6.07) is 11.9. The molecular formula is C17H18N4OS. The van der Waals surface area contributed by atoms with E-state index in [-0.39, 0.29) is 6.61 Å². The summed E-state index contributed by atoms with van der Waals surface area (Å²) < 4.78 is 2.10. The smallest absolute Gasteiger partial charge is 0.191 e. The van der Waals surface area contributed by atoms with Crippen LogP contribution >= 0.6 is 11.8 Å². The predicted molar refractivity (Wildman–Crippen MR) is 90.9 cm³/mol. The Hall–Kier alpha value is -2.18. The molecular weight excluding hydrogens is 308 g/mol. The Morgan fingerprint density at radius 3 is 2.52 bits per heavy atom. The van der Waals surface area contributed by atoms with Gasteiger partial charge in [0.15, 0.2) is 11.0 Å². The van der Waals surface area contributed by atoms with Crippen molar-refractivity contribution in [1.82, 2.24) is 19.7 Å². The molecule has 0 bridgehead atoms. The Balaban J connectivity index is 1.76. The summed E-state index contributed by atoms with van der Waals surface area (Å²) in [6.07, 6.45) is 3.56. The first kappa shape index (κ1) is 15.7. The van der Waals surface area contributed by atoms with E-state index in [0.717, 1.165) is 34.4 Å². The van der Waals surface area contributed by atoms with Crippen molar-refractivity contribution in [2.75, 3.05) is 0 Å². The number of rotatable bonds is 6. The molecule has 0 aliphatic heterocycles. The normalized spacial score (nSPS) is 10.9. The molecule has 0 radical (unpaired) electrons. The lowest BCUT2D eigenvalue weighted by atomic mass is 10.2. The lowest BCUT2D eigenvalue weighted by Crippen LogP contribution is -2.00. The topological polar surface area (TPSA) is 63.8 Å². The number of hydrogen-bond acceptors (Lipinski definition) is 5. The fraction of sp³-hybridized carbons (Fsp3) is 0.235. The van der Waals surface area contributed by atoms with Crippen LogP contribution in [0.2, 0.25) is 0 Å². The highest BCUT2D eigenvalue weighted by atomic mass is 32.2. The van der Waals surface area contributed by atoms with Gasteiger partial charge in [-0.3, -0.25) is 4.98 Å². The molecule has 118 valence electrons. The van der Waals surface area contributed by atoms with E-state index in [9.17, 15) is 0 Å². The third-order valence-electron chi connectivity index (χ3n) is 3.53. The number of aliphatic hydroxyl groups excluding tert-OH is 1. The Bertz CT molecular complexity index is 756. The summed E-state index contributed by atoms with van der Waals surface area (Å²) >= 11 is 1.66. The summed E-state index contributed by atoms with van der Waals surface area (Å²) in [5.74, 6) is 1.66. The van der Waals surface area contributed by atoms with Crippen LogP contribution in [0.5, 0.6) is 0 Å². The molecule has 6 heteroatoms. The van der Waals surface area contributed by atoms with Gasteiger partial charge in [-0.15, -0.1) is 10.2 Å². The number of benzene rings is 1. The summed E-state index contributed by atoms with van der Waals surface area (Å²) in [5.41, 5.74) is 3.09. The van der Waals surface area contributed by atoms with Crippen LogP contribution in [-0.2, 0) is 18.9 Å². The summed E-state index contributed by atoms with van der Waals surface area (Å²) in [7, 11) is 0. The van der Waals surface area contributed by atoms with Crippen LogP contribution in [0.1, 0.15) is 18.1 Å². The maximum absolute atomic E-state index is 9.08. The van der Waals surface area contributed by atoms with Crippen molar-refractivity contribution in [3.05, 3.63) is 59.9 Å². The maximum atomic E-state index is 9.08. The number of hydrogen-bond donors (Lipinski definition) is 1. The van der Waals surface area contributed by atoms with Gasteiger partial charge in [-0.05, 0) is 30.2 Å². The third-order valence-corrected chi connectivity index (χ3v) is 4.56. The average Bonchev–Trinajstić information content (AvgIpc) is 3.04. The summed E-state index contributed by atoms with van der Waals surface area (Å²) in [6.45, 7) is 2.97. The van der Waals surface area contributed by atoms with Crippen LogP contribution in [0, 0.1) is 0 Å². The molecule has 2 heterocycles. The SMILES string of the molecule is CCn1c(SCc2ccc(CO)cc2)nnc1-c1cccnc1. The molecule has 5 nitrogen and oxygen atoms in total. The van der Waals surface area contributed by atoms with Gasteiger partial charge in [0.1, 0.15) is 0 Å². The molecule has 0 atom stereocenters. The second-order valence-corrected chi connectivity index (χ2v) is 6.00. The lowest BCUT2D eigenvalue weighted by molar-refractivity contribution is 0.282. The molecule has 0 fully saturated rings. The zero-order valence-corrected chi connectivity index (χ0v) is 13.7. The van der Waals surface area contributed by atoms with Gasteiger partial charge in [0, 0.05) is 30.3 Å². The van der Waals surface area contributed by atoms with Crippen LogP contribution in [0.25, 0.3) is 11.4 Å². The van der Waals surface area contributed by atoms with Gasteiger partial charge >= 0.3 is 0 Å². The molecule has 0 saturated carbocycles. The van der Waals surface area contributed by atoms with Crippen molar-refractivity contribution >= 4 is 11.8 Å². The quantitative estimate of drug-likeness (QED) is 0.705. The minimum Gasteiger partial charge on any atom is -0.392 e. The number of pyridine rings is 1. The van der Waals surface area contributed by atoms with Gasteiger partial charge in [-0.2, -0.15) is 0 Å². The van der Waals surface area contributed by atoms with E-state index in [1.165, 1.54) is 5.56 Å². The van der Waals surface area contributed by atoms with Gasteiger partial charge in [-0.25, -0.2) is 0 Å². The average molecular weight is 326 g/mol. The molecule has 0 amide bonds. The van der Waals surface area contributed by atoms with Gasteiger partial charge < -0.3 is 9.67 Å². The lowest BCUT2D eigenvalue weighted by Gasteiger charge is -2.07.